The van der Waals surface area contributed by atoms with Crippen molar-refractivity contribution in [2.24, 2.45) is 0 Å². The maximum absolute atomic E-state index is 6.39. The lowest BCUT2D eigenvalue weighted by atomic mass is 9.98. The van der Waals surface area contributed by atoms with Crippen molar-refractivity contribution in [1.29, 1.82) is 0 Å². The summed E-state index contributed by atoms with van der Waals surface area (Å²) in [5.41, 5.74) is 26.3. The summed E-state index contributed by atoms with van der Waals surface area (Å²) in [6.07, 6.45) is 0. The van der Waals surface area contributed by atoms with E-state index < -0.39 is 0 Å². The van der Waals surface area contributed by atoms with E-state index >= 15 is 0 Å². The molecule has 0 fully saturated rings. The van der Waals surface area contributed by atoms with Crippen molar-refractivity contribution in [2.45, 2.75) is 0 Å². The SMILES string of the molecule is Brc1cccc(N2c3ccccc3Oc3ccccc32)c1.c1ccc(-c2c(-c3ccccc3)n(-c3ccccc3)c3c2ccc2c4ccccc4[nH]c23)cc1.c1ccc(-c2c(-c3ccccc3)n(-c3ccccc3)c3c2ccc2c4ccccc4n(-c4cccc(N5c6ccccc6Oc6ccccc65)c4)c23)cc1. The molecule has 0 radical (unpaired) electrons. The third-order valence-electron chi connectivity index (χ3n) is 20.9. The van der Waals surface area contributed by atoms with Crippen molar-refractivity contribution in [3.8, 4) is 84.8 Å². The molecule has 2 aliphatic heterocycles. The molecule has 20 aromatic rings. The van der Waals surface area contributed by atoms with Crippen LogP contribution in [0.1, 0.15) is 0 Å². The molecule has 0 unspecified atom stereocenters. The molecule has 1 N–H and O–H groups in total. The van der Waals surface area contributed by atoms with Crippen LogP contribution in [-0.4, -0.2) is 18.7 Å². The Labute approximate surface area is 638 Å². The first-order chi connectivity index (χ1) is 54.1. The zero-order chi connectivity index (χ0) is 72.3. The average molecular weight is 1460 g/mol. The quantitative estimate of drug-likeness (QED) is 0.156. The lowest BCUT2D eigenvalue weighted by Gasteiger charge is -2.33. The maximum atomic E-state index is 6.39. The van der Waals surface area contributed by atoms with E-state index in [1.165, 1.54) is 93.6 Å². The van der Waals surface area contributed by atoms with E-state index in [4.69, 9.17) is 9.47 Å². The second kappa shape index (κ2) is 27.4. The highest BCUT2D eigenvalue weighted by Gasteiger charge is 2.31. The molecule has 109 heavy (non-hydrogen) atoms. The van der Waals surface area contributed by atoms with Gasteiger partial charge in [0.1, 0.15) is 0 Å². The Balaban J connectivity index is 0.000000120. The van der Waals surface area contributed by atoms with Crippen LogP contribution in [0.4, 0.5) is 34.1 Å². The van der Waals surface area contributed by atoms with Gasteiger partial charge in [0.25, 0.3) is 0 Å². The van der Waals surface area contributed by atoms with Gasteiger partial charge < -0.3 is 38.0 Å². The van der Waals surface area contributed by atoms with Gasteiger partial charge in [0.05, 0.1) is 61.7 Å². The number of halogens is 1. The van der Waals surface area contributed by atoms with Crippen LogP contribution in [0.3, 0.4) is 0 Å². The standard InChI is InChI=1S/C50H33N3O.C32H22N2.C18H12BrNO/c1-4-17-34(18-5-1)47-41-32-31-40-39-25-10-11-26-42(39)52(49(40)50(41)53(36-21-8-3-9-22-36)48(47)35-19-6-2-7-20-35)38-24-16-23-37(33-38)51-43-27-12-14-29-45(43)54-46-30-15-13-28-44(46)51;1-4-12-22(13-5-1)29-27-21-20-26-25-18-10-11-19-28(25)33-30(26)32(27)34(24-16-8-3-9-17-24)31(29)23-14-6-2-7-15-23;19-13-6-5-7-14(12-13)20-15-8-1-3-10-17(15)21-18-11-4-2-9-16(18)20/h1-33H;1-21,33H;1-12H. The van der Waals surface area contributed by atoms with Gasteiger partial charge in [-0.2, -0.15) is 0 Å². The normalized spacial score (nSPS) is 12.0. The van der Waals surface area contributed by atoms with Crippen LogP contribution in [0.5, 0.6) is 23.0 Å². The van der Waals surface area contributed by atoms with Crippen molar-refractivity contribution in [1.82, 2.24) is 18.7 Å². The van der Waals surface area contributed by atoms with Gasteiger partial charge in [0, 0.05) is 81.9 Å². The monoisotopic (exact) mass is 1460 g/mol. The number of fused-ring (bicyclic) bond motifs is 14. The number of rotatable bonds is 9. The van der Waals surface area contributed by atoms with Crippen LogP contribution in [0.2, 0.25) is 0 Å². The predicted molar refractivity (Wildman–Crippen MR) is 456 cm³/mol. The summed E-state index contributed by atoms with van der Waals surface area (Å²) in [4.78, 5) is 8.29. The Morgan fingerprint density at radius 1 is 0.239 bits per heavy atom. The molecular formula is C100H67BrN6O2. The fourth-order valence-corrected chi connectivity index (χ4v) is 16.7. The van der Waals surface area contributed by atoms with E-state index in [0.29, 0.717) is 0 Å². The molecular weight excluding hydrogens is 1400 g/mol. The molecule has 2 aliphatic rings. The van der Waals surface area contributed by atoms with Crippen LogP contribution in [0.15, 0.2) is 405 Å². The highest BCUT2D eigenvalue weighted by Crippen LogP contribution is 2.54. The van der Waals surface area contributed by atoms with Gasteiger partial charge in [-0.05, 0) is 144 Å². The third-order valence-corrected chi connectivity index (χ3v) is 21.4. The summed E-state index contributed by atoms with van der Waals surface area (Å²) in [7, 11) is 0. The summed E-state index contributed by atoms with van der Waals surface area (Å²) in [6, 6.07) is 141. The fraction of sp³-hybridized carbons (Fsp3) is 0. The minimum absolute atomic E-state index is 0.836. The van der Waals surface area contributed by atoms with Gasteiger partial charge >= 0.3 is 0 Å². The van der Waals surface area contributed by atoms with E-state index in [0.717, 1.165) is 95.2 Å². The molecule has 8 nitrogen and oxygen atoms in total. The Bertz CT molecular complexity index is 6720. The number of benzene rings is 16. The molecule has 4 aromatic heterocycles. The second-order valence-corrected chi connectivity index (χ2v) is 28.2. The Morgan fingerprint density at radius 3 is 1.10 bits per heavy atom. The van der Waals surface area contributed by atoms with Crippen LogP contribution < -0.4 is 19.3 Å². The summed E-state index contributed by atoms with van der Waals surface area (Å²) in [5, 5.41) is 7.37. The maximum Gasteiger partial charge on any atom is 0.151 e. The first-order valence-corrected chi connectivity index (χ1v) is 37.5. The van der Waals surface area contributed by atoms with E-state index in [2.05, 4.69) is 372 Å². The number of hydrogen-bond donors (Lipinski definition) is 1. The van der Waals surface area contributed by atoms with Crippen LogP contribution >= 0.6 is 15.9 Å². The number of aromatic nitrogens is 4. The highest BCUT2D eigenvalue weighted by molar-refractivity contribution is 9.10. The average Bonchev–Trinajstić information content (AvgIpc) is 1.54. The van der Waals surface area contributed by atoms with Crippen molar-refractivity contribution in [2.75, 3.05) is 9.80 Å². The molecule has 0 atom stereocenters. The van der Waals surface area contributed by atoms with Crippen molar-refractivity contribution < 1.29 is 9.47 Å². The number of nitrogens with zero attached hydrogens (tertiary/aromatic N) is 5. The summed E-state index contributed by atoms with van der Waals surface area (Å²) >= 11 is 3.55. The molecule has 22 rings (SSSR count). The minimum Gasteiger partial charge on any atom is -0.453 e. The van der Waals surface area contributed by atoms with Crippen LogP contribution in [0, 0.1) is 0 Å². The van der Waals surface area contributed by atoms with Gasteiger partial charge in [-0.1, -0.05) is 295 Å². The summed E-state index contributed by atoms with van der Waals surface area (Å²) in [6.45, 7) is 0. The fourth-order valence-electron chi connectivity index (χ4n) is 16.3. The first kappa shape index (κ1) is 64.5. The minimum atomic E-state index is 0.836. The molecule has 0 saturated carbocycles. The lowest BCUT2D eigenvalue weighted by molar-refractivity contribution is 0.477. The zero-order valence-corrected chi connectivity index (χ0v) is 60.6. The number of hydrogen-bond acceptors (Lipinski definition) is 4. The summed E-state index contributed by atoms with van der Waals surface area (Å²) < 4.78 is 20.8. The van der Waals surface area contributed by atoms with Gasteiger partial charge in [-0.3, -0.25) is 0 Å². The van der Waals surface area contributed by atoms with Crippen molar-refractivity contribution in [3.63, 3.8) is 0 Å². The van der Waals surface area contributed by atoms with Crippen LogP contribution in [-0.2, 0) is 0 Å². The number of para-hydroxylation sites is 12. The first-order valence-electron chi connectivity index (χ1n) is 36.8. The van der Waals surface area contributed by atoms with Crippen LogP contribution in [0.25, 0.3) is 127 Å². The molecule has 0 saturated heterocycles. The Kier molecular flexibility index (Phi) is 16.2. The largest absolute Gasteiger partial charge is 0.453 e. The molecule has 0 aliphatic carbocycles. The lowest BCUT2D eigenvalue weighted by Crippen LogP contribution is -2.15. The van der Waals surface area contributed by atoms with E-state index in [1.807, 2.05) is 72.8 Å². The van der Waals surface area contributed by atoms with Gasteiger partial charge in [0.2, 0.25) is 0 Å². The number of aromatic amines is 1. The third kappa shape index (κ3) is 11.2. The molecule has 516 valence electrons. The molecule has 0 amide bonds. The topological polar surface area (TPSA) is 55.5 Å². The number of H-pyrrole nitrogens is 1. The molecule has 0 bridgehead atoms. The second-order valence-electron chi connectivity index (χ2n) is 27.3. The smallest absolute Gasteiger partial charge is 0.151 e. The van der Waals surface area contributed by atoms with Gasteiger partial charge in [-0.25, -0.2) is 0 Å². The number of nitrogens with one attached hydrogen (secondary N) is 1. The van der Waals surface area contributed by atoms with Crippen molar-refractivity contribution in [3.05, 3.63) is 405 Å². The predicted octanol–water partition coefficient (Wildman–Crippen LogP) is 28.3. The van der Waals surface area contributed by atoms with Crippen molar-refractivity contribution >= 4 is 115 Å². The molecule has 0 spiro atoms. The van der Waals surface area contributed by atoms with E-state index in [-0.39, 0.29) is 0 Å². The molecule has 9 heteroatoms. The van der Waals surface area contributed by atoms with Gasteiger partial charge in [0.15, 0.2) is 23.0 Å². The highest BCUT2D eigenvalue weighted by atomic mass is 79.9. The Hall–Kier alpha value is -14.1. The molecule has 16 aromatic carbocycles. The Morgan fingerprint density at radius 2 is 0.596 bits per heavy atom. The zero-order valence-electron chi connectivity index (χ0n) is 59.0. The number of anilines is 6. The number of ether oxygens (including phenoxy) is 2. The van der Waals surface area contributed by atoms with Gasteiger partial charge in [-0.15, -0.1) is 0 Å². The summed E-state index contributed by atoms with van der Waals surface area (Å²) in [5.74, 6) is 3.41. The van der Waals surface area contributed by atoms with E-state index in [9.17, 15) is 0 Å². The molecule has 6 heterocycles. The van der Waals surface area contributed by atoms with E-state index in [1.54, 1.807) is 0 Å².